The van der Waals surface area contributed by atoms with Gasteiger partial charge in [-0.3, -0.25) is 14.4 Å². The van der Waals surface area contributed by atoms with Crippen LogP contribution >= 0.6 is 0 Å². The first-order valence-electron chi connectivity index (χ1n) is 8.68. The van der Waals surface area contributed by atoms with Crippen LogP contribution in [-0.2, 0) is 9.59 Å². The van der Waals surface area contributed by atoms with Crippen LogP contribution in [0.4, 0.5) is 5.82 Å². The van der Waals surface area contributed by atoms with Crippen molar-refractivity contribution in [3.8, 4) is 6.07 Å². The second-order valence-electron chi connectivity index (χ2n) is 6.91. The largest absolute Gasteiger partial charge is 0.350 e. The minimum absolute atomic E-state index is 0.184. The fourth-order valence-corrected chi connectivity index (χ4v) is 2.76. The minimum Gasteiger partial charge on any atom is -0.350 e. The number of hydrogen-bond donors (Lipinski definition) is 3. The van der Waals surface area contributed by atoms with Gasteiger partial charge < -0.3 is 16.0 Å². The zero-order chi connectivity index (χ0) is 18.7. The first kappa shape index (κ1) is 17.9. The van der Waals surface area contributed by atoms with Crippen LogP contribution in [0.2, 0.25) is 0 Å². The molecule has 1 aromatic heterocycles. The van der Waals surface area contributed by atoms with Crippen LogP contribution < -0.4 is 16.0 Å². The molecule has 1 atom stereocenters. The molecule has 0 radical (unpaired) electrons. The summed E-state index contributed by atoms with van der Waals surface area (Å²) in [6.07, 6.45) is 3.19. The van der Waals surface area contributed by atoms with Gasteiger partial charge in [0.25, 0.3) is 5.91 Å². The Labute approximate surface area is 151 Å². The third-order valence-corrected chi connectivity index (χ3v) is 4.67. The molecule has 2 aliphatic rings. The van der Waals surface area contributed by atoms with E-state index in [-0.39, 0.29) is 36.0 Å². The van der Waals surface area contributed by atoms with E-state index in [1.54, 1.807) is 18.2 Å². The lowest BCUT2D eigenvalue weighted by atomic mass is 10.1. The van der Waals surface area contributed by atoms with Gasteiger partial charge in [0.05, 0.1) is 6.07 Å². The quantitative estimate of drug-likeness (QED) is 0.672. The second-order valence-corrected chi connectivity index (χ2v) is 6.91. The van der Waals surface area contributed by atoms with Crippen molar-refractivity contribution in [1.82, 2.24) is 15.6 Å². The number of nitriles is 1. The van der Waals surface area contributed by atoms with Crippen LogP contribution in [-0.4, -0.2) is 35.3 Å². The molecular weight excluding hydrogens is 334 g/mol. The first-order chi connectivity index (χ1) is 12.4. The third kappa shape index (κ3) is 4.17. The lowest BCUT2D eigenvalue weighted by Crippen LogP contribution is -2.47. The smallest absolute Gasteiger partial charge is 0.270 e. The molecule has 2 fully saturated rings. The Balaban J connectivity index is 1.57. The van der Waals surface area contributed by atoms with E-state index in [1.165, 1.54) is 6.92 Å². The number of nitrogens with one attached hydrogen (secondary N) is 3. The fourth-order valence-electron chi connectivity index (χ4n) is 2.76. The van der Waals surface area contributed by atoms with Crippen molar-refractivity contribution in [2.45, 2.75) is 38.6 Å². The average molecular weight is 355 g/mol. The van der Waals surface area contributed by atoms with Crippen molar-refractivity contribution < 1.29 is 14.4 Å². The van der Waals surface area contributed by atoms with Gasteiger partial charge in [0.2, 0.25) is 11.8 Å². The molecule has 136 valence electrons. The summed E-state index contributed by atoms with van der Waals surface area (Å²) in [5.74, 6) is -0.247. The number of amides is 3. The van der Waals surface area contributed by atoms with Crippen molar-refractivity contribution >= 4 is 23.5 Å². The molecule has 0 bridgehead atoms. The molecule has 3 amide bonds. The molecule has 2 aliphatic carbocycles. The topological polar surface area (TPSA) is 124 Å². The SMILES string of the molecule is CC(=O)Nc1cccc(C(=O)NCC(NC(=O)C2(C#N)CC2)C2CC2)n1. The van der Waals surface area contributed by atoms with Crippen molar-refractivity contribution in [2.24, 2.45) is 11.3 Å². The molecule has 0 aliphatic heterocycles. The molecular formula is C18H21N5O3. The van der Waals surface area contributed by atoms with Gasteiger partial charge in [0.15, 0.2) is 0 Å². The van der Waals surface area contributed by atoms with Gasteiger partial charge >= 0.3 is 0 Å². The Morgan fingerprint density at radius 2 is 2.08 bits per heavy atom. The molecule has 8 nitrogen and oxygen atoms in total. The molecule has 8 heteroatoms. The zero-order valence-corrected chi connectivity index (χ0v) is 14.5. The second kappa shape index (κ2) is 7.12. The number of nitrogens with zero attached hydrogens (tertiary/aromatic N) is 2. The summed E-state index contributed by atoms with van der Waals surface area (Å²) in [6, 6.07) is 6.69. The highest BCUT2D eigenvalue weighted by atomic mass is 16.2. The van der Waals surface area contributed by atoms with E-state index in [0.29, 0.717) is 24.6 Å². The number of hydrogen-bond acceptors (Lipinski definition) is 5. The van der Waals surface area contributed by atoms with Gasteiger partial charge in [-0.05, 0) is 43.7 Å². The molecule has 1 unspecified atom stereocenters. The van der Waals surface area contributed by atoms with E-state index in [0.717, 1.165) is 12.8 Å². The lowest BCUT2D eigenvalue weighted by Gasteiger charge is -2.20. The average Bonchev–Trinajstić information content (AvgIpc) is 3.51. The lowest BCUT2D eigenvalue weighted by molar-refractivity contribution is -0.125. The van der Waals surface area contributed by atoms with Crippen LogP contribution in [0.15, 0.2) is 18.2 Å². The van der Waals surface area contributed by atoms with Crippen molar-refractivity contribution in [1.29, 1.82) is 5.26 Å². The summed E-state index contributed by atoms with van der Waals surface area (Å²) >= 11 is 0. The molecule has 0 spiro atoms. The zero-order valence-electron chi connectivity index (χ0n) is 14.5. The van der Waals surface area contributed by atoms with Crippen molar-refractivity contribution in [2.75, 3.05) is 11.9 Å². The van der Waals surface area contributed by atoms with E-state index in [4.69, 9.17) is 5.26 Å². The van der Waals surface area contributed by atoms with Gasteiger partial charge in [0, 0.05) is 19.5 Å². The number of anilines is 1. The molecule has 1 aromatic rings. The molecule has 26 heavy (non-hydrogen) atoms. The number of carbonyl (C=O) groups excluding carboxylic acids is 3. The highest BCUT2D eigenvalue weighted by molar-refractivity contribution is 5.94. The van der Waals surface area contributed by atoms with Gasteiger partial charge in [-0.25, -0.2) is 4.98 Å². The standard InChI is InChI=1S/C18H21N5O3/c1-11(24)21-15-4-2-3-13(22-15)16(25)20-9-14(12-5-6-12)23-17(26)18(10-19)7-8-18/h2-4,12,14H,5-9H2,1H3,(H,20,25)(H,23,26)(H,21,22,24). The maximum Gasteiger partial charge on any atom is 0.270 e. The number of rotatable bonds is 7. The molecule has 0 aromatic carbocycles. The van der Waals surface area contributed by atoms with Gasteiger partial charge in [-0.1, -0.05) is 6.07 Å². The van der Waals surface area contributed by atoms with Crippen LogP contribution in [0.5, 0.6) is 0 Å². The third-order valence-electron chi connectivity index (χ3n) is 4.67. The first-order valence-corrected chi connectivity index (χ1v) is 8.68. The van der Waals surface area contributed by atoms with E-state index in [9.17, 15) is 14.4 Å². The van der Waals surface area contributed by atoms with Gasteiger partial charge in [-0.2, -0.15) is 5.26 Å². The van der Waals surface area contributed by atoms with Crippen LogP contribution in [0.1, 0.15) is 43.1 Å². The summed E-state index contributed by atoms with van der Waals surface area (Å²) < 4.78 is 0. The summed E-state index contributed by atoms with van der Waals surface area (Å²) in [5, 5.41) is 17.4. The Hall–Kier alpha value is -2.95. The fraction of sp³-hybridized carbons (Fsp3) is 0.500. The molecule has 1 heterocycles. The Bertz CT molecular complexity index is 777. The highest BCUT2D eigenvalue weighted by Gasteiger charge is 2.51. The predicted molar refractivity (Wildman–Crippen MR) is 92.8 cm³/mol. The van der Waals surface area contributed by atoms with Crippen molar-refractivity contribution in [3.05, 3.63) is 23.9 Å². The van der Waals surface area contributed by atoms with E-state index < -0.39 is 5.41 Å². The Morgan fingerprint density at radius 3 is 2.65 bits per heavy atom. The van der Waals surface area contributed by atoms with E-state index in [2.05, 4.69) is 27.0 Å². The molecule has 3 N–H and O–H groups in total. The molecule has 2 saturated carbocycles. The number of pyridine rings is 1. The number of aromatic nitrogens is 1. The van der Waals surface area contributed by atoms with Crippen LogP contribution in [0.3, 0.4) is 0 Å². The number of carbonyl (C=O) groups is 3. The van der Waals surface area contributed by atoms with E-state index in [1.807, 2.05) is 0 Å². The molecule has 3 rings (SSSR count). The summed E-state index contributed by atoms with van der Waals surface area (Å²) in [5.41, 5.74) is -0.682. The summed E-state index contributed by atoms with van der Waals surface area (Å²) in [4.78, 5) is 39.8. The Morgan fingerprint density at radius 1 is 1.35 bits per heavy atom. The van der Waals surface area contributed by atoms with Gasteiger partial charge in [0.1, 0.15) is 16.9 Å². The maximum atomic E-state index is 12.3. The normalized spacial score (nSPS) is 18.2. The summed E-state index contributed by atoms with van der Waals surface area (Å²) in [6.45, 7) is 1.65. The molecule has 0 saturated heterocycles. The summed E-state index contributed by atoms with van der Waals surface area (Å²) in [7, 11) is 0. The van der Waals surface area contributed by atoms with Crippen LogP contribution in [0, 0.1) is 22.7 Å². The monoisotopic (exact) mass is 355 g/mol. The van der Waals surface area contributed by atoms with Gasteiger partial charge in [-0.15, -0.1) is 0 Å². The van der Waals surface area contributed by atoms with Crippen LogP contribution in [0.25, 0.3) is 0 Å². The minimum atomic E-state index is -0.870. The maximum absolute atomic E-state index is 12.3. The van der Waals surface area contributed by atoms with Crippen molar-refractivity contribution in [3.63, 3.8) is 0 Å². The van der Waals surface area contributed by atoms with E-state index >= 15 is 0 Å². The predicted octanol–water partition coefficient (Wildman–Crippen LogP) is 0.968. The highest BCUT2D eigenvalue weighted by Crippen LogP contribution is 2.45. The Kier molecular flexibility index (Phi) is 4.89.